The fourth-order valence-electron chi connectivity index (χ4n) is 3.69. The lowest BCUT2D eigenvalue weighted by Gasteiger charge is -2.29. The van der Waals surface area contributed by atoms with Crippen LogP contribution in [0.4, 0.5) is 5.69 Å². The third-order valence-electron chi connectivity index (χ3n) is 5.19. The second-order valence-electron chi connectivity index (χ2n) is 7.29. The molecular formula is C23H23N3O4S2. The number of methoxy groups -OCH3 is 1. The van der Waals surface area contributed by atoms with Gasteiger partial charge in [-0.2, -0.15) is 4.99 Å². The molecule has 0 aliphatic carbocycles. The molecule has 0 unspecified atom stereocenters. The van der Waals surface area contributed by atoms with Crippen molar-refractivity contribution in [2.45, 2.75) is 19.4 Å². The summed E-state index contributed by atoms with van der Waals surface area (Å²) in [5.74, 6) is -0.452. The van der Waals surface area contributed by atoms with E-state index in [1.165, 1.54) is 35.8 Å². The highest BCUT2D eigenvalue weighted by Crippen LogP contribution is 2.27. The number of aromatic nitrogens is 1. The molecule has 0 spiro atoms. The van der Waals surface area contributed by atoms with Crippen molar-refractivity contribution in [3.8, 4) is 0 Å². The van der Waals surface area contributed by atoms with E-state index in [1.807, 2.05) is 47.4 Å². The van der Waals surface area contributed by atoms with E-state index >= 15 is 0 Å². The maximum atomic E-state index is 12.7. The van der Waals surface area contributed by atoms with Crippen LogP contribution in [0.2, 0.25) is 0 Å². The Morgan fingerprint density at radius 1 is 1.09 bits per heavy atom. The maximum absolute atomic E-state index is 12.7. The van der Waals surface area contributed by atoms with E-state index in [2.05, 4.69) is 11.1 Å². The van der Waals surface area contributed by atoms with Gasteiger partial charge in [0.15, 0.2) is 4.80 Å². The zero-order valence-corrected chi connectivity index (χ0v) is 19.3. The first-order valence-corrected chi connectivity index (χ1v) is 12.2. The predicted molar refractivity (Wildman–Crippen MR) is 127 cm³/mol. The number of fused-ring (bicyclic) bond motifs is 2. The van der Waals surface area contributed by atoms with Crippen LogP contribution < -0.4 is 9.70 Å². The number of benzene rings is 2. The summed E-state index contributed by atoms with van der Waals surface area (Å²) in [6.45, 7) is 0.677. The van der Waals surface area contributed by atoms with E-state index in [-0.39, 0.29) is 29.9 Å². The van der Waals surface area contributed by atoms with Crippen LogP contribution in [0.3, 0.4) is 0 Å². The van der Waals surface area contributed by atoms with Crippen LogP contribution in [0.1, 0.15) is 12.0 Å². The van der Waals surface area contributed by atoms with Crippen LogP contribution in [-0.4, -0.2) is 47.5 Å². The van der Waals surface area contributed by atoms with E-state index in [4.69, 9.17) is 4.74 Å². The molecule has 1 aliphatic rings. The minimum absolute atomic E-state index is 0.00225. The van der Waals surface area contributed by atoms with E-state index < -0.39 is 5.97 Å². The Bertz CT molecular complexity index is 1230. The van der Waals surface area contributed by atoms with Gasteiger partial charge in [0.05, 0.1) is 28.8 Å². The van der Waals surface area contributed by atoms with Crippen molar-refractivity contribution >= 4 is 56.8 Å². The number of thioether (sulfide) groups is 1. The van der Waals surface area contributed by atoms with Gasteiger partial charge in [-0.15, -0.1) is 11.8 Å². The molecular weight excluding hydrogens is 446 g/mol. The first kappa shape index (κ1) is 22.3. The number of nitrogens with zero attached hydrogens (tertiary/aromatic N) is 3. The van der Waals surface area contributed by atoms with E-state index in [0.29, 0.717) is 11.3 Å². The summed E-state index contributed by atoms with van der Waals surface area (Å²) < 4.78 is 7.39. The summed E-state index contributed by atoms with van der Waals surface area (Å²) in [6.07, 6.45) is 1.92. The number of carbonyl (C=O) groups is 3. The number of amides is 2. The van der Waals surface area contributed by atoms with Gasteiger partial charge in [-0.3, -0.25) is 14.4 Å². The van der Waals surface area contributed by atoms with Gasteiger partial charge >= 0.3 is 5.97 Å². The summed E-state index contributed by atoms with van der Waals surface area (Å²) in [6, 6.07) is 15.5. The molecule has 7 nitrogen and oxygen atoms in total. The van der Waals surface area contributed by atoms with Crippen molar-refractivity contribution in [1.82, 2.24) is 4.57 Å². The summed E-state index contributed by atoms with van der Waals surface area (Å²) >= 11 is 2.60. The predicted octanol–water partition coefficient (Wildman–Crippen LogP) is 3.02. The average Bonchev–Trinajstić information content (AvgIpc) is 3.15. The van der Waals surface area contributed by atoms with Gasteiger partial charge in [-0.25, -0.2) is 0 Å². The zero-order chi connectivity index (χ0) is 22.5. The Hall–Kier alpha value is -2.91. The fourth-order valence-corrected chi connectivity index (χ4v) is 5.41. The molecule has 0 N–H and O–H groups in total. The SMILES string of the molecule is COC(=O)Cn1c(=NC(=O)CSCC(=O)N2CCCc3ccccc32)sc2ccccc21. The number of hydrogen-bond donors (Lipinski definition) is 0. The van der Waals surface area contributed by atoms with Gasteiger partial charge in [-0.1, -0.05) is 41.7 Å². The third kappa shape index (κ3) is 4.94. The van der Waals surface area contributed by atoms with Crippen LogP contribution >= 0.6 is 23.1 Å². The Balaban J connectivity index is 1.43. The van der Waals surface area contributed by atoms with Crippen molar-refractivity contribution in [2.24, 2.45) is 4.99 Å². The van der Waals surface area contributed by atoms with Crippen LogP contribution in [0.5, 0.6) is 0 Å². The minimum atomic E-state index is -0.413. The highest BCUT2D eigenvalue weighted by Gasteiger charge is 2.22. The molecule has 166 valence electrons. The summed E-state index contributed by atoms with van der Waals surface area (Å²) in [7, 11) is 1.33. The number of anilines is 1. The highest BCUT2D eigenvalue weighted by atomic mass is 32.2. The summed E-state index contributed by atoms with van der Waals surface area (Å²) in [4.78, 5) is 43.6. The number of rotatable bonds is 6. The smallest absolute Gasteiger partial charge is 0.325 e. The van der Waals surface area contributed by atoms with Crippen LogP contribution in [0.15, 0.2) is 53.5 Å². The molecule has 9 heteroatoms. The van der Waals surface area contributed by atoms with Crippen molar-refractivity contribution in [3.05, 3.63) is 58.9 Å². The maximum Gasteiger partial charge on any atom is 0.325 e. The second kappa shape index (κ2) is 10.1. The first-order chi connectivity index (χ1) is 15.6. The quantitative estimate of drug-likeness (QED) is 0.519. The molecule has 0 saturated carbocycles. The fraction of sp³-hybridized carbons (Fsp3) is 0.304. The van der Waals surface area contributed by atoms with Gasteiger partial charge in [-0.05, 0) is 36.6 Å². The zero-order valence-electron chi connectivity index (χ0n) is 17.7. The van der Waals surface area contributed by atoms with Crippen LogP contribution in [-0.2, 0) is 32.1 Å². The molecule has 2 amide bonds. The Labute approximate surface area is 193 Å². The number of ether oxygens (including phenoxy) is 1. The highest BCUT2D eigenvalue weighted by molar-refractivity contribution is 8.00. The number of thiazole rings is 1. The molecule has 0 atom stereocenters. The van der Waals surface area contributed by atoms with Gasteiger partial charge in [0.25, 0.3) is 5.91 Å². The molecule has 1 aliphatic heterocycles. The van der Waals surface area contributed by atoms with Crippen LogP contribution in [0.25, 0.3) is 10.2 Å². The van der Waals surface area contributed by atoms with E-state index in [1.54, 1.807) is 4.57 Å². The molecule has 0 fully saturated rings. The molecule has 0 radical (unpaired) electrons. The summed E-state index contributed by atoms with van der Waals surface area (Å²) in [5.41, 5.74) is 2.97. The van der Waals surface area contributed by atoms with Gasteiger partial charge in [0.2, 0.25) is 5.91 Å². The number of para-hydroxylation sites is 2. The average molecular weight is 470 g/mol. The largest absolute Gasteiger partial charge is 0.468 e. The number of esters is 1. The van der Waals surface area contributed by atoms with Crippen molar-refractivity contribution < 1.29 is 19.1 Å². The molecule has 0 saturated heterocycles. The van der Waals surface area contributed by atoms with E-state index in [0.717, 1.165) is 28.7 Å². The Kier molecular flexibility index (Phi) is 7.06. The second-order valence-corrected chi connectivity index (χ2v) is 9.29. The van der Waals surface area contributed by atoms with E-state index in [9.17, 15) is 14.4 Å². The molecule has 3 aromatic rings. The lowest BCUT2D eigenvalue weighted by molar-refractivity contribution is -0.141. The number of hydrogen-bond acceptors (Lipinski definition) is 6. The first-order valence-electron chi connectivity index (χ1n) is 10.3. The Morgan fingerprint density at radius 3 is 2.72 bits per heavy atom. The number of aryl methyl sites for hydroxylation is 1. The lowest BCUT2D eigenvalue weighted by atomic mass is 10.0. The third-order valence-corrected chi connectivity index (χ3v) is 7.15. The molecule has 4 rings (SSSR count). The molecule has 1 aromatic heterocycles. The minimum Gasteiger partial charge on any atom is -0.468 e. The molecule has 32 heavy (non-hydrogen) atoms. The number of carbonyl (C=O) groups excluding carboxylic acids is 3. The molecule has 2 heterocycles. The lowest BCUT2D eigenvalue weighted by Crippen LogP contribution is -2.36. The van der Waals surface area contributed by atoms with Crippen LogP contribution in [0, 0.1) is 0 Å². The Morgan fingerprint density at radius 2 is 1.88 bits per heavy atom. The van der Waals surface area contributed by atoms with Gasteiger partial charge < -0.3 is 14.2 Å². The van der Waals surface area contributed by atoms with Gasteiger partial charge in [0.1, 0.15) is 6.54 Å². The topological polar surface area (TPSA) is 81.0 Å². The monoisotopic (exact) mass is 469 g/mol. The summed E-state index contributed by atoms with van der Waals surface area (Å²) in [5, 5.41) is 0. The molecule has 2 aromatic carbocycles. The van der Waals surface area contributed by atoms with Crippen molar-refractivity contribution in [1.29, 1.82) is 0 Å². The van der Waals surface area contributed by atoms with Crippen molar-refractivity contribution in [2.75, 3.05) is 30.1 Å². The standard InChI is InChI=1S/C23H23N3O4S2/c1-30-22(29)13-26-18-10-4-5-11-19(18)32-23(26)24-20(27)14-31-15-21(28)25-12-6-8-16-7-2-3-9-17(16)25/h2-5,7,9-11H,6,8,12-15H2,1H3. The normalized spacial score (nSPS) is 13.8. The molecule has 0 bridgehead atoms. The van der Waals surface area contributed by atoms with Crippen molar-refractivity contribution in [3.63, 3.8) is 0 Å². The van der Waals surface area contributed by atoms with Gasteiger partial charge in [0, 0.05) is 12.2 Å².